The monoisotopic (exact) mass is 415 g/mol. The number of fused-ring (bicyclic) bond motifs is 1. The number of rotatable bonds is 7. The Labute approximate surface area is 182 Å². The molecule has 1 aliphatic heterocycles. The molecule has 1 aliphatic rings. The van der Waals surface area contributed by atoms with Crippen molar-refractivity contribution in [3.05, 3.63) is 77.5 Å². The third kappa shape index (κ3) is 4.61. The van der Waals surface area contributed by atoms with Gasteiger partial charge in [0.05, 0.1) is 12.7 Å². The normalized spacial score (nSPS) is 15.6. The van der Waals surface area contributed by atoms with Crippen molar-refractivity contribution in [2.45, 2.75) is 33.3 Å². The fraction of sp³-hybridized carbons (Fsp3) is 0.231. The molecule has 158 valence electrons. The van der Waals surface area contributed by atoms with Gasteiger partial charge in [0.1, 0.15) is 0 Å². The number of esters is 1. The molecule has 4 rings (SSSR count). The molecule has 1 heterocycles. The quantitative estimate of drug-likeness (QED) is 0.364. The molecule has 0 spiro atoms. The predicted molar refractivity (Wildman–Crippen MR) is 123 cm³/mol. The number of cyclic esters (lactones) is 1. The van der Waals surface area contributed by atoms with Crippen LogP contribution >= 0.6 is 0 Å². The Bertz CT molecular complexity index is 1180. The van der Waals surface area contributed by atoms with Gasteiger partial charge < -0.3 is 14.2 Å². The Hall–Kier alpha value is -3.60. The Morgan fingerprint density at radius 2 is 1.81 bits per heavy atom. The highest BCUT2D eigenvalue weighted by atomic mass is 16.6. The van der Waals surface area contributed by atoms with Crippen molar-refractivity contribution in [2.24, 2.45) is 4.99 Å². The second-order valence-electron chi connectivity index (χ2n) is 7.37. The number of carbonyl (C=O) groups is 1. The van der Waals surface area contributed by atoms with Gasteiger partial charge in [0, 0.05) is 5.56 Å². The molecule has 5 heteroatoms. The molecule has 0 radical (unpaired) electrons. The molecule has 5 nitrogen and oxygen atoms in total. The van der Waals surface area contributed by atoms with Gasteiger partial charge in [0.15, 0.2) is 17.2 Å². The van der Waals surface area contributed by atoms with Gasteiger partial charge in [-0.2, -0.15) is 0 Å². The third-order valence-corrected chi connectivity index (χ3v) is 5.09. The number of nitrogens with zero attached hydrogens (tertiary/aromatic N) is 1. The number of hydrogen-bond donors (Lipinski definition) is 0. The summed E-state index contributed by atoms with van der Waals surface area (Å²) < 4.78 is 17.1. The molecule has 0 bridgehead atoms. The molecule has 0 saturated carbocycles. The van der Waals surface area contributed by atoms with Gasteiger partial charge in [0.2, 0.25) is 5.90 Å². The minimum Gasteiger partial charge on any atom is -0.490 e. The van der Waals surface area contributed by atoms with E-state index in [4.69, 9.17) is 14.2 Å². The standard InChI is InChI=1S/C26H25NO4/c1-4-17(3)30-23-13-10-18(15-24(23)29-5-2)14-22-26(28)31-25(27-22)21-12-11-19-8-6-7-9-20(19)16-21/h6-17H,4-5H2,1-3H3/b22-14-. The maximum absolute atomic E-state index is 12.4. The second kappa shape index (κ2) is 9.04. The predicted octanol–water partition coefficient (Wildman–Crippen LogP) is 5.76. The van der Waals surface area contributed by atoms with E-state index in [1.807, 2.05) is 74.5 Å². The van der Waals surface area contributed by atoms with Crippen LogP contribution in [-0.2, 0) is 9.53 Å². The molecule has 3 aromatic carbocycles. The Morgan fingerprint density at radius 3 is 2.58 bits per heavy atom. The summed E-state index contributed by atoms with van der Waals surface area (Å²) in [4.78, 5) is 16.9. The number of carbonyl (C=O) groups excluding carboxylic acids is 1. The van der Waals surface area contributed by atoms with E-state index in [1.54, 1.807) is 6.08 Å². The summed E-state index contributed by atoms with van der Waals surface area (Å²) >= 11 is 0. The zero-order valence-electron chi connectivity index (χ0n) is 17.9. The number of benzene rings is 3. The van der Waals surface area contributed by atoms with Crippen molar-refractivity contribution in [3.8, 4) is 11.5 Å². The maximum Gasteiger partial charge on any atom is 0.363 e. The average Bonchev–Trinajstić information content (AvgIpc) is 3.15. The number of ether oxygens (including phenoxy) is 3. The average molecular weight is 415 g/mol. The van der Waals surface area contributed by atoms with E-state index in [-0.39, 0.29) is 11.8 Å². The molecule has 0 aliphatic carbocycles. The fourth-order valence-electron chi connectivity index (χ4n) is 3.29. The van der Waals surface area contributed by atoms with E-state index in [0.29, 0.717) is 24.0 Å². The molecule has 31 heavy (non-hydrogen) atoms. The van der Waals surface area contributed by atoms with Crippen LogP contribution in [0.3, 0.4) is 0 Å². The van der Waals surface area contributed by atoms with Gasteiger partial charge >= 0.3 is 5.97 Å². The van der Waals surface area contributed by atoms with Crippen LogP contribution in [0.4, 0.5) is 0 Å². The minimum atomic E-state index is -0.471. The van der Waals surface area contributed by atoms with Crippen LogP contribution in [0.5, 0.6) is 11.5 Å². The van der Waals surface area contributed by atoms with Crippen LogP contribution in [0.25, 0.3) is 16.8 Å². The van der Waals surface area contributed by atoms with Crippen molar-refractivity contribution in [1.82, 2.24) is 0 Å². The highest BCUT2D eigenvalue weighted by Gasteiger charge is 2.24. The third-order valence-electron chi connectivity index (χ3n) is 5.09. The zero-order valence-corrected chi connectivity index (χ0v) is 17.9. The Kier molecular flexibility index (Phi) is 6.03. The molecule has 1 unspecified atom stereocenters. The van der Waals surface area contributed by atoms with Crippen molar-refractivity contribution >= 4 is 28.7 Å². The van der Waals surface area contributed by atoms with E-state index in [9.17, 15) is 4.79 Å². The second-order valence-corrected chi connectivity index (χ2v) is 7.37. The van der Waals surface area contributed by atoms with Gasteiger partial charge in [-0.1, -0.05) is 43.3 Å². The number of hydrogen-bond acceptors (Lipinski definition) is 5. The van der Waals surface area contributed by atoms with E-state index in [1.165, 1.54) is 0 Å². The summed E-state index contributed by atoms with van der Waals surface area (Å²) in [6, 6.07) is 19.5. The summed E-state index contributed by atoms with van der Waals surface area (Å²) in [7, 11) is 0. The largest absolute Gasteiger partial charge is 0.490 e. The van der Waals surface area contributed by atoms with Gasteiger partial charge in [-0.15, -0.1) is 0 Å². The van der Waals surface area contributed by atoms with Crippen molar-refractivity contribution in [2.75, 3.05) is 6.61 Å². The van der Waals surface area contributed by atoms with Crippen LogP contribution in [0.2, 0.25) is 0 Å². The molecule has 3 aromatic rings. The lowest BCUT2D eigenvalue weighted by molar-refractivity contribution is -0.129. The van der Waals surface area contributed by atoms with Gasteiger partial charge in [-0.05, 0) is 66.9 Å². The molecule has 1 atom stereocenters. The van der Waals surface area contributed by atoms with Crippen molar-refractivity contribution in [3.63, 3.8) is 0 Å². The van der Waals surface area contributed by atoms with E-state index in [0.717, 1.165) is 28.3 Å². The molecular formula is C26H25NO4. The van der Waals surface area contributed by atoms with Gasteiger partial charge in [-0.25, -0.2) is 9.79 Å². The number of aliphatic imine (C=N–C) groups is 1. The van der Waals surface area contributed by atoms with E-state index < -0.39 is 5.97 Å². The van der Waals surface area contributed by atoms with E-state index >= 15 is 0 Å². The topological polar surface area (TPSA) is 57.1 Å². The highest BCUT2D eigenvalue weighted by Crippen LogP contribution is 2.31. The maximum atomic E-state index is 12.4. The molecule has 0 amide bonds. The summed E-state index contributed by atoms with van der Waals surface area (Å²) in [6.07, 6.45) is 2.68. The van der Waals surface area contributed by atoms with Crippen molar-refractivity contribution < 1.29 is 19.0 Å². The molecule has 0 saturated heterocycles. The van der Waals surface area contributed by atoms with Crippen LogP contribution in [0, 0.1) is 0 Å². The zero-order chi connectivity index (χ0) is 21.8. The van der Waals surface area contributed by atoms with Crippen LogP contribution in [-0.4, -0.2) is 24.6 Å². The lowest BCUT2D eigenvalue weighted by Crippen LogP contribution is -2.10. The Morgan fingerprint density at radius 1 is 1.00 bits per heavy atom. The first kappa shape index (κ1) is 20.7. The first-order valence-corrected chi connectivity index (χ1v) is 10.5. The van der Waals surface area contributed by atoms with Gasteiger partial charge in [-0.3, -0.25) is 0 Å². The minimum absolute atomic E-state index is 0.0855. The van der Waals surface area contributed by atoms with Crippen LogP contribution in [0.1, 0.15) is 38.3 Å². The van der Waals surface area contributed by atoms with Crippen molar-refractivity contribution in [1.29, 1.82) is 0 Å². The van der Waals surface area contributed by atoms with Crippen LogP contribution < -0.4 is 9.47 Å². The molecular weight excluding hydrogens is 390 g/mol. The lowest BCUT2D eigenvalue weighted by atomic mass is 10.1. The SMILES string of the molecule is CCOc1cc(/C=C2\N=C(c3ccc4ccccc4c3)OC2=O)ccc1OC(C)CC. The summed E-state index contributed by atoms with van der Waals surface area (Å²) in [6.45, 7) is 6.53. The van der Waals surface area contributed by atoms with Gasteiger partial charge in [0.25, 0.3) is 0 Å². The smallest absolute Gasteiger partial charge is 0.363 e. The molecule has 0 fully saturated rings. The fourth-order valence-corrected chi connectivity index (χ4v) is 3.29. The Balaban J connectivity index is 1.63. The van der Waals surface area contributed by atoms with E-state index in [2.05, 4.69) is 11.9 Å². The molecule has 0 N–H and O–H groups in total. The molecule has 0 aromatic heterocycles. The summed E-state index contributed by atoms with van der Waals surface area (Å²) in [5.41, 5.74) is 1.80. The lowest BCUT2D eigenvalue weighted by Gasteiger charge is -2.16. The summed E-state index contributed by atoms with van der Waals surface area (Å²) in [5.74, 6) is 1.17. The first-order chi connectivity index (χ1) is 15.1. The highest BCUT2D eigenvalue weighted by molar-refractivity contribution is 6.13. The summed E-state index contributed by atoms with van der Waals surface area (Å²) in [5, 5.41) is 2.18. The van der Waals surface area contributed by atoms with Crippen LogP contribution in [0.15, 0.2) is 71.4 Å². The first-order valence-electron chi connectivity index (χ1n) is 10.5.